The molecule has 1 aliphatic heterocycles. The summed E-state index contributed by atoms with van der Waals surface area (Å²) in [6.07, 6.45) is 4.30. The zero-order chi connectivity index (χ0) is 8.73. The molecule has 2 fully saturated rings. The topological polar surface area (TPSA) is 12.0 Å². The third-order valence-electron chi connectivity index (χ3n) is 3.75. The molecule has 76 valence electrons. The minimum atomic E-state index is 0. The van der Waals surface area contributed by atoms with E-state index in [1.807, 2.05) is 0 Å². The van der Waals surface area contributed by atoms with Gasteiger partial charge in [0, 0.05) is 18.0 Å². The summed E-state index contributed by atoms with van der Waals surface area (Å²) >= 11 is 0. The Kier molecular flexibility index (Phi) is 2.54. The van der Waals surface area contributed by atoms with E-state index in [0.29, 0.717) is 11.5 Å². The van der Waals surface area contributed by atoms with Gasteiger partial charge in [-0.3, -0.25) is 0 Å². The lowest BCUT2D eigenvalue weighted by Crippen LogP contribution is -2.59. The van der Waals surface area contributed by atoms with Crippen molar-refractivity contribution in [1.82, 2.24) is 5.32 Å². The van der Waals surface area contributed by atoms with Gasteiger partial charge < -0.3 is 5.32 Å². The fourth-order valence-corrected chi connectivity index (χ4v) is 2.71. The van der Waals surface area contributed by atoms with Gasteiger partial charge in [-0.25, -0.2) is 0 Å². The number of hydrogen-bond donors (Lipinski definition) is 1. The molecule has 1 spiro atoms. The average Bonchev–Trinajstić information content (AvgIpc) is 2.01. The molecule has 1 N–H and O–H groups in total. The number of halogens is 1. The van der Waals surface area contributed by atoms with Crippen LogP contribution in [0.5, 0.6) is 0 Å². The molecule has 1 saturated carbocycles. The van der Waals surface area contributed by atoms with E-state index >= 15 is 0 Å². The van der Waals surface area contributed by atoms with Crippen LogP contribution in [-0.4, -0.2) is 6.54 Å². The zero-order valence-electron chi connectivity index (χ0n) is 8.20. The van der Waals surface area contributed by atoms with Crippen molar-refractivity contribution in [2.24, 2.45) is 5.41 Å². The summed E-state index contributed by atoms with van der Waals surface area (Å²) in [4.78, 5) is 0. The van der Waals surface area contributed by atoms with Crippen LogP contribution in [0.2, 0.25) is 0 Å². The molecule has 1 aromatic carbocycles. The molecule has 1 nitrogen and oxygen atoms in total. The molecule has 0 bridgehead atoms. The number of hydrogen-bond acceptors (Lipinski definition) is 1. The fourth-order valence-electron chi connectivity index (χ4n) is 2.71. The molecule has 0 aromatic heterocycles. The van der Waals surface area contributed by atoms with Gasteiger partial charge in [-0.15, -0.1) is 12.4 Å². The second-order valence-corrected chi connectivity index (χ2v) is 4.44. The van der Waals surface area contributed by atoms with Crippen LogP contribution in [0.25, 0.3) is 0 Å². The quantitative estimate of drug-likeness (QED) is 0.750. The van der Waals surface area contributed by atoms with Crippen LogP contribution in [0.1, 0.15) is 30.9 Å². The van der Waals surface area contributed by atoms with E-state index in [0.717, 1.165) is 0 Å². The molecular weight excluding hydrogens is 194 g/mol. The smallest absolute Gasteiger partial charge is 0.0389 e. The fraction of sp³-hybridized carbons (Fsp3) is 0.500. The third kappa shape index (κ3) is 1.27. The number of nitrogens with one attached hydrogen (secondary N) is 1. The Hall–Kier alpha value is -0.530. The lowest BCUT2D eigenvalue weighted by atomic mass is 9.58. The van der Waals surface area contributed by atoms with Gasteiger partial charge in [0.15, 0.2) is 0 Å². The molecular formula is C12H16ClN. The van der Waals surface area contributed by atoms with E-state index in [9.17, 15) is 0 Å². The number of benzene rings is 1. The largest absolute Gasteiger partial charge is 0.309 e. The minimum Gasteiger partial charge on any atom is -0.309 e. The van der Waals surface area contributed by atoms with E-state index in [-0.39, 0.29) is 12.4 Å². The third-order valence-corrected chi connectivity index (χ3v) is 3.75. The van der Waals surface area contributed by atoms with Crippen molar-refractivity contribution >= 4 is 12.4 Å². The van der Waals surface area contributed by atoms with Crippen molar-refractivity contribution in [3.8, 4) is 0 Å². The Morgan fingerprint density at radius 1 is 1.14 bits per heavy atom. The molecule has 1 saturated heterocycles. The number of rotatable bonds is 1. The van der Waals surface area contributed by atoms with Gasteiger partial charge in [0.25, 0.3) is 0 Å². The van der Waals surface area contributed by atoms with Crippen LogP contribution in [0.4, 0.5) is 0 Å². The highest BCUT2D eigenvalue weighted by Gasteiger charge is 2.50. The molecule has 2 heteroatoms. The summed E-state index contributed by atoms with van der Waals surface area (Å²) in [7, 11) is 0. The van der Waals surface area contributed by atoms with Crippen LogP contribution in [-0.2, 0) is 0 Å². The van der Waals surface area contributed by atoms with Crippen LogP contribution in [0, 0.1) is 5.41 Å². The molecule has 1 atom stereocenters. The van der Waals surface area contributed by atoms with Crippen LogP contribution < -0.4 is 5.32 Å². The lowest BCUT2D eigenvalue weighted by Gasteiger charge is -2.57. The Morgan fingerprint density at radius 2 is 1.86 bits per heavy atom. The summed E-state index contributed by atoms with van der Waals surface area (Å²) in [5.74, 6) is 0. The molecule has 1 aromatic rings. The van der Waals surface area contributed by atoms with Crippen LogP contribution in [0.3, 0.4) is 0 Å². The molecule has 14 heavy (non-hydrogen) atoms. The van der Waals surface area contributed by atoms with Gasteiger partial charge in [-0.2, -0.15) is 0 Å². The summed E-state index contributed by atoms with van der Waals surface area (Å²) in [5.41, 5.74) is 2.13. The Bertz CT molecular complexity index is 300. The first-order chi connectivity index (χ1) is 6.41. The molecule has 1 unspecified atom stereocenters. The monoisotopic (exact) mass is 209 g/mol. The van der Waals surface area contributed by atoms with Crippen LogP contribution >= 0.6 is 12.4 Å². The van der Waals surface area contributed by atoms with E-state index in [1.54, 1.807) is 0 Å². The maximum absolute atomic E-state index is 3.55. The van der Waals surface area contributed by atoms with E-state index in [2.05, 4.69) is 35.6 Å². The molecule has 1 aliphatic carbocycles. The van der Waals surface area contributed by atoms with E-state index in [4.69, 9.17) is 0 Å². The van der Waals surface area contributed by atoms with Crippen molar-refractivity contribution in [2.75, 3.05) is 6.54 Å². The first-order valence-corrected chi connectivity index (χ1v) is 5.19. The Morgan fingerprint density at radius 3 is 2.29 bits per heavy atom. The molecule has 0 amide bonds. The van der Waals surface area contributed by atoms with Gasteiger partial charge in [0.05, 0.1) is 0 Å². The molecule has 1 heterocycles. The Labute approximate surface area is 91.3 Å². The zero-order valence-corrected chi connectivity index (χ0v) is 9.02. The van der Waals surface area contributed by atoms with Crippen molar-refractivity contribution in [3.05, 3.63) is 35.9 Å². The minimum absolute atomic E-state index is 0. The second-order valence-electron chi connectivity index (χ2n) is 4.44. The predicted molar refractivity (Wildman–Crippen MR) is 60.7 cm³/mol. The van der Waals surface area contributed by atoms with Crippen LogP contribution in [0.15, 0.2) is 30.3 Å². The first-order valence-electron chi connectivity index (χ1n) is 5.19. The second kappa shape index (κ2) is 3.56. The van der Waals surface area contributed by atoms with Crippen molar-refractivity contribution in [2.45, 2.75) is 25.3 Å². The maximum Gasteiger partial charge on any atom is 0.0389 e. The molecule has 3 rings (SSSR count). The summed E-state index contributed by atoms with van der Waals surface area (Å²) in [6.45, 7) is 1.24. The standard InChI is InChI=1S/C12H15N.ClH/c1-2-5-10(6-3-1)11-12(9-13-11)7-4-8-12;/h1-3,5-6,11,13H,4,7-9H2;1H. The van der Waals surface area contributed by atoms with Crippen molar-refractivity contribution in [1.29, 1.82) is 0 Å². The SMILES string of the molecule is Cl.c1ccc(C2NCC23CCC3)cc1. The first kappa shape index (κ1) is 10.0. The summed E-state index contributed by atoms with van der Waals surface area (Å²) in [5, 5.41) is 3.55. The molecule has 2 aliphatic rings. The normalized spacial score (nSPS) is 27.3. The average molecular weight is 210 g/mol. The van der Waals surface area contributed by atoms with Crippen molar-refractivity contribution < 1.29 is 0 Å². The van der Waals surface area contributed by atoms with Gasteiger partial charge in [-0.1, -0.05) is 36.8 Å². The molecule has 0 radical (unpaired) electrons. The summed E-state index contributed by atoms with van der Waals surface area (Å²) < 4.78 is 0. The maximum atomic E-state index is 3.55. The highest BCUT2D eigenvalue weighted by atomic mass is 35.5. The van der Waals surface area contributed by atoms with E-state index < -0.39 is 0 Å². The highest BCUT2D eigenvalue weighted by molar-refractivity contribution is 5.85. The highest BCUT2D eigenvalue weighted by Crippen LogP contribution is 2.54. The van der Waals surface area contributed by atoms with E-state index in [1.165, 1.54) is 31.4 Å². The predicted octanol–water partition coefficient (Wildman–Crippen LogP) is 2.92. The van der Waals surface area contributed by atoms with Gasteiger partial charge >= 0.3 is 0 Å². The Balaban J connectivity index is 0.000000750. The summed E-state index contributed by atoms with van der Waals surface area (Å²) in [6, 6.07) is 11.5. The lowest BCUT2D eigenvalue weighted by molar-refractivity contribution is -0.00564. The van der Waals surface area contributed by atoms with Gasteiger partial charge in [0.1, 0.15) is 0 Å². The van der Waals surface area contributed by atoms with Crippen molar-refractivity contribution in [3.63, 3.8) is 0 Å². The van der Waals surface area contributed by atoms with Gasteiger partial charge in [-0.05, 0) is 18.4 Å². The van der Waals surface area contributed by atoms with Gasteiger partial charge in [0.2, 0.25) is 0 Å².